The summed E-state index contributed by atoms with van der Waals surface area (Å²) in [6.07, 6.45) is 7.45. The molecule has 0 amide bonds. The SMILES string of the molecule is CCC(CS(=O)(=O)C(C)(C)C)S(C)(C)SC. The molecule has 0 aliphatic rings. The quantitative estimate of drug-likeness (QED) is 0.727. The molecule has 5 heteroatoms. The molecule has 0 bridgehead atoms. The summed E-state index contributed by atoms with van der Waals surface area (Å²) in [6.45, 7) is 7.46. The zero-order valence-electron chi connectivity index (χ0n) is 11.5. The Morgan fingerprint density at radius 2 is 1.62 bits per heavy atom. The van der Waals surface area contributed by atoms with Gasteiger partial charge in [0, 0.05) is 5.25 Å². The smallest absolute Gasteiger partial charge is 0.156 e. The van der Waals surface area contributed by atoms with Crippen LogP contribution in [0.5, 0.6) is 0 Å². The third-order valence-electron chi connectivity index (χ3n) is 3.03. The highest BCUT2D eigenvalue weighted by Gasteiger charge is 2.34. The topological polar surface area (TPSA) is 34.1 Å². The number of rotatable bonds is 5. The van der Waals surface area contributed by atoms with Crippen LogP contribution in [0.4, 0.5) is 0 Å². The van der Waals surface area contributed by atoms with Gasteiger partial charge in [-0.1, -0.05) is 6.92 Å². The second kappa shape index (κ2) is 5.53. The van der Waals surface area contributed by atoms with Crippen LogP contribution in [0.1, 0.15) is 34.1 Å². The van der Waals surface area contributed by atoms with E-state index in [0.717, 1.165) is 6.42 Å². The van der Waals surface area contributed by atoms with E-state index >= 15 is 0 Å². The zero-order chi connectivity index (χ0) is 13.2. The Bertz CT molecular complexity index is 313. The largest absolute Gasteiger partial charge is 0.228 e. The first kappa shape index (κ1) is 16.6. The molecule has 2 nitrogen and oxygen atoms in total. The van der Waals surface area contributed by atoms with Gasteiger partial charge in [0.15, 0.2) is 9.84 Å². The van der Waals surface area contributed by atoms with E-state index in [-0.39, 0.29) is 0 Å². The Hall–Kier alpha value is 0.650. The second-order valence-corrected chi connectivity index (χ2v) is 15.4. The zero-order valence-corrected chi connectivity index (χ0v) is 14.0. The molecule has 100 valence electrons. The van der Waals surface area contributed by atoms with E-state index in [9.17, 15) is 8.42 Å². The molecule has 0 aromatic rings. The molecular formula is C11H26O2S3. The number of sulfone groups is 1. The summed E-state index contributed by atoms with van der Waals surface area (Å²) in [6, 6.07) is 0. The molecule has 0 aliphatic heterocycles. The number of hydrogen-bond acceptors (Lipinski definition) is 3. The molecule has 0 rings (SSSR count). The molecule has 0 saturated heterocycles. The van der Waals surface area contributed by atoms with E-state index in [0.29, 0.717) is 11.0 Å². The van der Waals surface area contributed by atoms with Crippen molar-refractivity contribution >= 4 is 29.7 Å². The summed E-state index contributed by atoms with van der Waals surface area (Å²) in [4.78, 5) is 0. The third-order valence-corrected chi connectivity index (χ3v) is 12.3. The minimum Gasteiger partial charge on any atom is -0.228 e. The standard InChI is InChI=1S/C11H26O2S3/c1-8-10(15(6,7)14-5)9-16(12,13)11(2,3)4/h10H,8-9H2,1-7H3. The highest BCUT2D eigenvalue weighted by atomic mass is 33.2. The summed E-state index contributed by atoms with van der Waals surface area (Å²) in [5.41, 5.74) is 0. The average molecular weight is 287 g/mol. The van der Waals surface area contributed by atoms with Crippen LogP contribution in [0.3, 0.4) is 0 Å². The maximum atomic E-state index is 12.2. The van der Waals surface area contributed by atoms with Crippen molar-refractivity contribution in [2.24, 2.45) is 0 Å². The Balaban J connectivity index is 4.97. The van der Waals surface area contributed by atoms with E-state index in [1.807, 2.05) is 10.8 Å². The van der Waals surface area contributed by atoms with Gasteiger partial charge >= 0.3 is 0 Å². The van der Waals surface area contributed by atoms with E-state index in [4.69, 9.17) is 0 Å². The van der Waals surface area contributed by atoms with Crippen LogP contribution < -0.4 is 0 Å². The molecule has 0 saturated carbocycles. The van der Waals surface area contributed by atoms with Crippen molar-refractivity contribution in [3.8, 4) is 0 Å². The average Bonchev–Trinajstić information content (AvgIpc) is 2.12. The van der Waals surface area contributed by atoms with Gasteiger partial charge in [0.05, 0.1) is 10.5 Å². The van der Waals surface area contributed by atoms with Crippen LogP contribution >= 0.6 is 19.9 Å². The molecule has 0 spiro atoms. The highest BCUT2D eigenvalue weighted by Crippen LogP contribution is 2.57. The van der Waals surface area contributed by atoms with Gasteiger partial charge in [0.2, 0.25) is 0 Å². The molecule has 0 fully saturated rings. The Kier molecular flexibility index (Phi) is 5.75. The van der Waals surface area contributed by atoms with Crippen molar-refractivity contribution < 1.29 is 8.42 Å². The van der Waals surface area contributed by atoms with E-state index in [1.54, 1.807) is 20.8 Å². The Labute approximate surface area is 107 Å². The lowest BCUT2D eigenvalue weighted by atomic mass is 10.3. The lowest BCUT2D eigenvalue weighted by Crippen LogP contribution is -2.36. The fraction of sp³-hybridized carbons (Fsp3) is 1.00. The molecule has 0 aromatic carbocycles. The maximum absolute atomic E-state index is 12.2. The van der Waals surface area contributed by atoms with Gasteiger partial charge in [-0.2, -0.15) is 9.06 Å². The third kappa shape index (κ3) is 4.15. The van der Waals surface area contributed by atoms with Crippen molar-refractivity contribution in [1.82, 2.24) is 0 Å². The normalized spacial score (nSPS) is 17.2. The summed E-state index contributed by atoms with van der Waals surface area (Å²) < 4.78 is 23.7. The molecular weight excluding hydrogens is 260 g/mol. The first-order valence-corrected chi connectivity index (χ1v) is 11.4. The van der Waals surface area contributed by atoms with Crippen molar-refractivity contribution in [3.05, 3.63) is 0 Å². The van der Waals surface area contributed by atoms with Gasteiger partial charge in [0.25, 0.3) is 0 Å². The molecule has 0 N–H and O–H groups in total. The van der Waals surface area contributed by atoms with Crippen LogP contribution in [0.25, 0.3) is 0 Å². The number of hydrogen-bond donors (Lipinski definition) is 0. The second-order valence-electron chi connectivity index (χ2n) is 5.40. The summed E-state index contributed by atoms with van der Waals surface area (Å²) in [5, 5.41) is 0.298. The molecule has 1 unspecified atom stereocenters. The molecule has 1 atom stereocenters. The van der Waals surface area contributed by atoms with Gasteiger partial charge in [-0.3, -0.25) is 0 Å². The van der Waals surface area contributed by atoms with Crippen molar-refractivity contribution in [2.45, 2.75) is 44.1 Å². The van der Waals surface area contributed by atoms with Crippen molar-refractivity contribution in [3.63, 3.8) is 0 Å². The lowest BCUT2D eigenvalue weighted by Gasteiger charge is -2.38. The van der Waals surface area contributed by atoms with Crippen LogP contribution in [0.2, 0.25) is 0 Å². The predicted molar refractivity (Wildman–Crippen MR) is 80.6 cm³/mol. The first-order chi connectivity index (χ1) is 6.98. The van der Waals surface area contributed by atoms with Gasteiger partial charge in [0.1, 0.15) is 0 Å². The summed E-state index contributed by atoms with van der Waals surface area (Å²) in [5.74, 6) is 0.330. The maximum Gasteiger partial charge on any atom is 0.156 e. The molecule has 0 aromatic heterocycles. The van der Waals surface area contributed by atoms with Gasteiger partial charge in [-0.25, -0.2) is 8.42 Å². The Morgan fingerprint density at radius 3 is 1.88 bits per heavy atom. The summed E-state index contributed by atoms with van der Waals surface area (Å²) >= 11 is 0. The van der Waals surface area contributed by atoms with Crippen LogP contribution in [-0.2, 0) is 9.84 Å². The Morgan fingerprint density at radius 1 is 1.19 bits per heavy atom. The van der Waals surface area contributed by atoms with E-state index in [2.05, 4.69) is 25.7 Å². The minimum atomic E-state index is -2.99. The predicted octanol–water partition coefficient (Wildman–Crippen LogP) is 3.32. The minimum absolute atomic E-state index is 0.298. The van der Waals surface area contributed by atoms with Gasteiger partial charge in [-0.15, -0.1) is 10.8 Å². The molecule has 16 heavy (non-hydrogen) atoms. The fourth-order valence-corrected chi connectivity index (χ4v) is 7.19. The van der Waals surface area contributed by atoms with Crippen LogP contribution in [0, 0.1) is 0 Å². The first-order valence-electron chi connectivity index (χ1n) is 5.48. The van der Waals surface area contributed by atoms with E-state index < -0.39 is 23.6 Å². The molecule has 0 heterocycles. The van der Waals surface area contributed by atoms with E-state index in [1.165, 1.54) is 0 Å². The van der Waals surface area contributed by atoms with Crippen molar-refractivity contribution in [1.29, 1.82) is 0 Å². The lowest BCUT2D eigenvalue weighted by molar-refractivity contribution is 0.558. The fourth-order valence-electron chi connectivity index (χ4n) is 1.31. The molecule has 0 radical (unpaired) electrons. The van der Waals surface area contributed by atoms with Crippen LogP contribution in [-0.4, -0.2) is 42.9 Å². The van der Waals surface area contributed by atoms with Gasteiger partial charge in [-0.05, 0) is 46.0 Å². The van der Waals surface area contributed by atoms with Gasteiger partial charge < -0.3 is 0 Å². The molecule has 0 aliphatic carbocycles. The van der Waals surface area contributed by atoms with Crippen LogP contribution in [0.15, 0.2) is 0 Å². The summed E-state index contributed by atoms with van der Waals surface area (Å²) in [7, 11) is -2.03. The monoisotopic (exact) mass is 286 g/mol. The van der Waals surface area contributed by atoms with Crippen molar-refractivity contribution in [2.75, 3.05) is 24.5 Å². The highest BCUT2D eigenvalue weighted by molar-refractivity contribution is 8.93.